The Hall–Kier alpha value is -2.63. The van der Waals surface area contributed by atoms with Crippen molar-refractivity contribution in [3.8, 4) is 0 Å². The van der Waals surface area contributed by atoms with E-state index in [0.29, 0.717) is 19.3 Å². The molecule has 0 unspecified atom stereocenters. The van der Waals surface area contributed by atoms with Crippen LogP contribution in [-0.4, -0.2) is 37.2 Å². The first-order valence-electron chi connectivity index (χ1n) is 28.6. The number of unbranched alkanes of at least 4 members (excludes halogenated alkanes) is 33. The largest absolute Gasteiger partial charge is 0.462 e. The molecule has 384 valence electrons. The topological polar surface area (TPSA) is 78.9 Å². The normalized spacial score (nSPS) is 12.3. The molecule has 0 aliphatic heterocycles. The zero-order valence-electron chi connectivity index (χ0n) is 44.0. The molecule has 0 saturated carbocycles. The van der Waals surface area contributed by atoms with Crippen molar-refractivity contribution < 1.29 is 28.6 Å². The summed E-state index contributed by atoms with van der Waals surface area (Å²) in [6.45, 7) is 6.62. The van der Waals surface area contributed by atoms with Crippen LogP contribution in [-0.2, 0) is 28.6 Å². The summed E-state index contributed by atoms with van der Waals surface area (Å²) in [4.78, 5) is 38.1. The quantitative estimate of drug-likeness (QED) is 0.0262. The molecule has 0 aromatic heterocycles. The average Bonchev–Trinajstić information content (AvgIpc) is 3.31. The van der Waals surface area contributed by atoms with Gasteiger partial charge in [-0.3, -0.25) is 14.4 Å². The number of carbonyl (C=O) groups is 3. The molecule has 0 heterocycles. The molecule has 0 N–H and O–H groups in total. The van der Waals surface area contributed by atoms with E-state index in [1.807, 2.05) is 0 Å². The molecule has 0 saturated heterocycles. The first kappa shape index (κ1) is 63.4. The number of hydrogen-bond acceptors (Lipinski definition) is 6. The van der Waals surface area contributed by atoms with Crippen LogP contribution in [0.3, 0.4) is 0 Å². The molecule has 0 bridgehead atoms. The van der Waals surface area contributed by atoms with Crippen molar-refractivity contribution in [3.05, 3.63) is 48.6 Å². The Kier molecular flexibility index (Phi) is 52.8. The Morgan fingerprint density at radius 2 is 0.545 bits per heavy atom. The highest BCUT2D eigenvalue weighted by Gasteiger charge is 2.19. The Morgan fingerprint density at radius 3 is 0.894 bits per heavy atom. The lowest BCUT2D eigenvalue weighted by molar-refractivity contribution is -0.167. The second-order valence-corrected chi connectivity index (χ2v) is 19.2. The van der Waals surface area contributed by atoms with Gasteiger partial charge < -0.3 is 14.2 Å². The van der Waals surface area contributed by atoms with Crippen LogP contribution in [0.25, 0.3) is 0 Å². The summed E-state index contributed by atoms with van der Waals surface area (Å²) < 4.78 is 16.8. The fourth-order valence-electron chi connectivity index (χ4n) is 8.21. The van der Waals surface area contributed by atoms with Crippen molar-refractivity contribution in [2.75, 3.05) is 13.2 Å². The molecule has 0 amide bonds. The van der Waals surface area contributed by atoms with Gasteiger partial charge in [0.1, 0.15) is 13.2 Å². The van der Waals surface area contributed by atoms with Gasteiger partial charge in [-0.2, -0.15) is 0 Å². The summed E-state index contributed by atoms with van der Waals surface area (Å²) in [5.74, 6) is -0.898. The average molecular weight is 926 g/mol. The van der Waals surface area contributed by atoms with E-state index in [4.69, 9.17) is 14.2 Å². The molecule has 66 heavy (non-hydrogen) atoms. The zero-order valence-corrected chi connectivity index (χ0v) is 44.0. The highest BCUT2D eigenvalue weighted by Crippen LogP contribution is 2.16. The minimum atomic E-state index is -0.784. The molecule has 0 fully saturated rings. The number of ether oxygens (including phenoxy) is 3. The third-order valence-corrected chi connectivity index (χ3v) is 12.6. The van der Waals surface area contributed by atoms with Gasteiger partial charge in [-0.05, 0) is 83.5 Å². The molecular weight excluding hydrogens is 817 g/mol. The number of carbonyl (C=O) groups excluding carboxylic acids is 3. The van der Waals surface area contributed by atoms with Gasteiger partial charge in [0.2, 0.25) is 0 Å². The molecule has 0 aromatic carbocycles. The summed E-state index contributed by atoms with van der Waals surface area (Å²) in [6.07, 6.45) is 66.6. The van der Waals surface area contributed by atoms with Crippen molar-refractivity contribution in [2.24, 2.45) is 0 Å². The van der Waals surface area contributed by atoms with Gasteiger partial charge in [0.05, 0.1) is 0 Å². The van der Waals surface area contributed by atoms with Gasteiger partial charge in [0, 0.05) is 19.3 Å². The van der Waals surface area contributed by atoms with Gasteiger partial charge >= 0.3 is 17.9 Å². The van der Waals surface area contributed by atoms with Crippen LogP contribution < -0.4 is 0 Å². The van der Waals surface area contributed by atoms with E-state index in [0.717, 1.165) is 96.3 Å². The molecule has 0 aliphatic rings. The van der Waals surface area contributed by atoms with E-state index >= 15 is 0 Å². The van der Waals surface area contributed by atoms with E-state index in [2.05, 4.69) is 69.4 Å². The molecule has 0 aliphatic carbocycles. The third kappa shape index (κ3) is 52.3. The van der Waals surface area contributed by atoms with Crippen LogP contribution in [0.4, 0.5) is 0 Å². The Bertz CT molecular complexity index is 1150. The van der Waals surface area contributed by atoms with Gasteiger partial charge in [0.15, 0.2) is 6.10 Å². The number of esters is 3. The zero-order chi connectivity index (χ0) is 47.9. The second kappa shape index (κ2) is 55.0. The van der Waals surface area contributed by atoms with Crippen LogP contribution in [0.2, 0.25) is 0 Å². The van der Waals surface area contributed by atoms with Crippen molar-refractivity contribution in [1.82, 2.24) is 0 Å². The SMILES string of the molecule is CCCCC/C=C\C/C=C\C/C=C\CCCCCCC(=O)OC[C@@H](COC(=O)CCCCCCCCCCCCCCCCC)OC(=O)CCCCCCC/C=C\CCCCCCCCC. The lowest BCUT2D eigenvalue weighted by Gasteiger charge is -2.18. The third-order valence-electron chi connectivity index (χ3n) is 12.6. The van der Waals surface area contributed by atoms with E-state index in [1.54, 1.807) is 0 Å². The fraction of sp³-hybridized carbons (Fsp3) is 0.817. The highest BCUT2D eigenvalue weighted by molar-refractivity contribution is 5.71. The summed E-state index contributed by atoms with van der Waals surface area (Å²) in [5.41, 5.74) is 0. The molecule has 6 nitrogen and oxygen atoms in total. The molecule has 1 atom stereocenters. The molecule has 0 aromatic rings. The Balaban J connectivity index is 4.41. The monoisotopic (exact) mass is 925 g/mol. The molecular formula is C60H108O6. The summed E-state index contributed by atoms with van der Waals surface area (Å²) >= 11 is 0. The van der Waals surface area contributed by atoms with Gasteiger partial charge in [-0.25, -0.2) is 0 Å². The van der Waals surface area contributed by atoms with E-state index in [9.17, 15) is 14.4 Å². The first-order valence-corrected chi connectivity index (χ1v) is 28.6. The molecule has 6 heteroatoms. The highest BCUT2D eigenvalue weighted by atomic mass is 16.6. The summed E-state index contributed by atoms with van der Waals surface area (Å²) in [5, 5.41) is 0. The van der Waals surface area contributed by atoms with Gasteiger partial charge in [-0.1, -0.05) is 243 Å². The molecule has 0 radical (unpaired) electrons. The van der Waals surface area contributed by atoms with Gasteiger partial charge in [-0.15, -0.1) is 0 Å². The predicted molar refractivity (Wildman–Crippen MR) is 284 cm³/mol. The Labute approximate surface area is 409 Å². The lowest BCUT2D eigenvalue weighted by atomic mass is 10.0. The van der Waals surface area contributed by atoms with Crippen molar-refractivity contribution in [3.63, 3.8) is 0 Å². The minimum absolute atomic E-state index is 0.0808. The van der Waals surface area contributed by atoms with Crippen molar-refractivity contribution in [2.45, 2.75) is 303 Å². The maximum absolute atomic E-state index is 12.8. The van der Waals surface area contributed by atoms with E-state index in [-0.39, 0.29) is 31.1 Å². The smallest absolute Gasteiger partial charge is 0.306 e. The van der Waals surface area contributed by atoms with Crippen LogP contribution in [0.15, 0.2) is 48.6 Å². The fourth-order valence-corrected chi connectivity index (χ4v) is 8.21. The number of allylic oxidation sites excluding steroid dienone is 8. The van der Waals surface area contributed by atoms with Crippen LogP contribution in [0.5, 0.6) is 0 Å². The molecule has 0 spiro atoms. The van der Waals surface area contributed by atoms with E-state index in [1.165, 1.54) is 161 Å². The first-order chi connectivity index (χ1) is 32.5. The van der Waals surface area contributed by atoms with Crippen LogP contribution >= 0.6 is 0 Å². The summed E-state index contributed by atoms with van der Waals surface area (Å²) in [6, 6.07) is 0. The van der Waals surface area contributed by atoms with Crippen LogP contribution in [0.1, 0.15) is 297 Å². The van der Waals surface area contributed by atoms with Gasteiger partial charge in [0.25, 0.3) is 0 Å². The standard InChI is InChI=1S/C60H108O6/c1-4-7-10-13-16-19-22-25-28-30-33-35-38-41-44-47-50-53-59(62)65-56-57(55-64-58(61)52-49-46-43-40-37-34-31-27-24-21-18-15-12-9-6-3)66-60(63)54-51-48-45-42-39-36-32-29-26-23-20-17-14-11-8-5-2/h16,19,25,28-29,32-33,35,57H,4-15,17-18,20-24,26-27,30-31,34,36-56H2,1-3H3/b19-16-,28-25-,32-29-,35-33-/t57-/m1/s1. The predicted octanol–water partition coefficient (Wildman–Crippen LogP) is 19.0. The summed E-state index contributed by atoms with van der Waals surface area (Å²) in [7, 11) is 0. The maximum atomic E-state index is 12.8. The molecule has 0 rings (SSSR count). The van der Waals surface area contributed by atoms with Crippen LogP contribution in [0, 0.1) is 0 Å². The lowest BCUT2D eigenvalue weighted by Crippen LogP contribution is -2.30. The van der Waals surface area contributed by atoms with Crippen molar-refractivity contribution >= 4 is 17.9 Å². The minimum Gasteiger partial charge on any atom is -0.462 e. The van der Waals surface area contributed by atoms with E-state index < -0.39 is 6.10 Å². The van der Waals surface area contributed by atoms with Crippen molar-refractivity contribution in [1.29, 1.82) is 0 Å². The number of rotatable bonds is 52. The Morgan fingerprint density at radius 1 is 0.303 bits per heavy atom. The number of hydrogen-bond donors (Lipinski definition) is 0. The maximum Gasteiger partial charge on any atom is 0.306 e. The second-order valence-electron chi connectivity index (χ2n) is 19.2.